The van der Waals surface area contributed by atoms with Crippen molar-refractivity contribution in [1.82, 2.24) is 0 Å². The average molecular weight is 463 g/mol. The predicted molar refractivity (Wildman–Crippen MR) is 103 cm³/mol. The first-order valence-electron chi connectivity index (χ1n) is 8.32. The number of fused-ring (bicyclic) bond motifs is 2. The van der Waals surface area contributed by atoms with Crippen molar-refractivity contribution in [2.24, 2.45) is 0 Å². The van der Waals surface area contributed by atoms with Crippen LogP contribution in [-0.2, 0) is 26.2 Å². The molecule has 0 spiro atoms. The Bertz CT molecular complexity index is 932. The van der Waals surface area contributed by atoms with Gasteiger partial charge in [-0.15, -0.1) is 63.5 Å². The normalized spacial score (nSPS) is 9.73. The van der Waals surface area contributed by atoms with Gasteiger partial charge in [-0.2, -0.15) is 18.2 Å². The van der Waals surface area contributed by atoms with Gasteiger partial charge in [0.15, 0.2) is 0 Å². The van der Waals surface area contributed by atoms with Crippen LogP contribution in [0.1, 0.15) is 36.5 Å². The average Bonchev–Trinajstić information content (AvgIpc) is 3.12. The summed E-state index contributed by atoms with van der Waals surface area (Å²) in [5.74, 6) is 0.632. The minimum absolute atomic E-state index is 0. The summed E-state index contributed by atoms with van der Waals surface area (Å²) in [6.45, 7) is 8.73. The summed E-state index contributed by atoms with van der Waals surface area (Å²) in [6, 6.07) is 24.1. The summed E-state index contributed by atoms with van der Waals surface area (Å²) in [4.78, 5) is 0. The second kappa shape index (κ2) is 11.1. The first kappa shape index (κ1) is 25.1. The van der Waals surface area contributed by atoms with Gasteiger partial charge < -0.3 is 24.8 Å². The van der Waals surface area contributed by atoms with E-state index in [1.165, 1.54) is 38.2 Å². The van der Waals surface area contributed by atoms with Crippen LogP contribution in [0.5, 0.6) is 0 Å². The van der Waals surface area contributed by atoms with Gasteiger partial charge in [-0.1, -0.05) is 37.1 Å². The van der Waals surface area contributed by atoms with E-state index in [-0.39, 0.29) is 51.0 Å². The third-order valence-electron chi connectivity index (χ3n) is 4.35. The molecule has 26 heavy (non-hydrogen) atoms. The Labute approximate surface area is 188 Å². The first-order chi connectivity index (χ1) is 11.0. The second-order valence-corrected chi connectivity index (χ2v) is 6.73. The molecule has 0 saturated carbocycles. The maximum Gasteiger partial charge on any atom is 4.00 e. The number of aryl methyl sites for hydroxylation is 2. The molecule has 0 heterocycles. The van der Waals surface area contributed by atoms with Crippen molar-refractivity contribution >= 4 is 21.5 Å². The summed E-state index contributed by atoms with van der Waals surface area (Å²) < 4.78 is 0. The maximum absolute atomic E-state index is 2.30. The van der Waals surface area contributed by atoms with Crippen molar-refractivity contribution in [3.05, 3.63) is 83.4 Å². The van der Waals surface area contributed by atoms with E-state index in [4.69, 9.17) is 0 Å². The zero-order valence-electron chi connectivity index (χ0n) is 15.7. The molecule has 3 heteroatoms. The van der Waals surface area contributed by atoms with Crippen molar-refractivity contribution in [2.45, 2.75) is 33.6 Å². The van der Waals surface area contributed by atoms with Crippen LogP contribution < -0.4 is 24.8 Å². The van der Waals surface area contributed by atoms with Gasteiger partial charge in [-0.3, -0.25) is 0 Å². The molecule has 134 valence electrons. The van der Waals surface area contributed by atoms with Gasteiger partial charge in [-0.25, -0.2) is 0 Å². The molecule has 0 N–H and O–H groups in total. The standard InChI is InChI=1S/C13H15.C10H9.2ClH.Zr/c1-9(2)12-7-11-5-4-10(3)6-13(11)8-12;1-8-5-6-9-3-2-4-10(9)7-8;;;/h4-9H,1-3H3;2-7H,1H3;2*1H;/q2*-1;;;+4/p-2. The summed E-state index contributed by atoms with van der Waals surface area (Å²) in [5.41, 5.74) is 4.12. The van der Waals surface area contributed by atoms with Crippen LogP contribution in [0.4, 0.5) is 0 Å². The third kappa shape index (κ3) is 6.09. The summed E-state index contributed by atoms with van der Waals surface area (Å²) in [6.07, 6.45) is 0. The van der Waals surface area contributed by atoms with Crippen molar-refractivity contribution in [2.75, 3.05) is 0 Å². The summed E-state index contributed by atoms with van der Waals surface area (Å²) in [7, 11) is 0. The van der Waals surface area contributed by atoms with E-state index in [1.54, 1.807) is 0 Å². The molecule has 0 saturated heterocycles. The Kier molecular flexibility index (Phi) is 10.7. The minimum atomic E-state index is 0. The fourth-order valence-electron chi connectivity index (χ4n) is 2.93. The van der Waals surface area contributed by atoms with Crippen molar-refractivity contribution in [3.8, 4) is 0 Å². The molecule has 0 radical (unpaired) electrons. The van der Waals surface area contributed by atoms with Crippen LogP contribution in [0.3, 0.4) is 0 Å². The van der Waals surface area contributed by atoms with Crippen LogP contribution in [0.2, 0.25) is 0 Å². The summed E-state index contributed by atoms with van der Waals surface area (Å²) in [5, 5.41) is 5.43. The van der Waals surface area contributed by atoms with Crippen LogP contribution in [0.15, 0.2) is 66.7 Å². The Balaban J connectivity index is 0.000000441. The molecular weight excluding hydrogens is 438 g/mol. The fourth-order valence-corrected chi connectivity index (χ4v) is 2.93. The molecule has 0 aromatic heterocycles. The van der Waals surface area contributed by atoms with Crippen LogP contribution in [0, 0.1) is 13.8 Å². The van der Waals surface area contributed by atoms with Crippen molar-refractivity contribution in [1.29, 1.82) is 0 Å². The second-order valence-electron chi connectivity index (χ2n) is 6.73. The molecular formula is C23H24Cl2Zr. The Morgan fingerprint density at radius 2 is 1.31 bits per heavy atom. The molecule has 0 amide bonds. The predicted octanol–water partition coefficient (Wildman–Crippen LogP) is 0.863. The molecule has 0 bridgehead atoms. The van der Waals surface area contributed by atoms with E-state index in [0.717, 1.165) is 0 Å². The number of benzene rings is 2. The van der Waals surface area contributed by atoms with E-state index in [0.29, 0.717) is 5.92 Å². The van der Waals surface area contributed by atoms with Gasteiger partial charge in [0.2, 0.25) is 0 Å². The van der Waals surface area contributed by atoms with E-state index in [2.05, 4.69) is 94.4 Å². The van der Waals surface area contributed by atoms with Crippen molar-refractivity contribution < 1.29 is 51.0 Å². The van der Waals surface area contributed by atoms with E-state index >= 15 is 0 Å². The van der Waals surface area contributed by atoms with E-state index < -0.39 is 0 Å². The number of hydrogen-bond donors (Lipinski definition) is 0. The Morgan fingerprint density at radius 3 is 1.92 bits per heavy atom. The third-order valence-corrected chi connectivity index (χ3v) is 4.35. The fraction of sp³-hybridized carbons (Fsp3) is 0.217. The zero-order valence-corrected chi connectivity index (χ0v) is 19.7. The molecule has 0 aliphatic rings. The molecule has 0 unspecified atom stereocenters. The summed E-state index contributed by atoms with van der Waals surface area (Å²) >= 11 is 0. The van der Waals surface area contributed by atoms with E-state index in [9.17, 15) is 0 Å². The Hall–Kier alpha value is -0.877. The van der Waals surface area contributed by atoms with Crippen LogP contribution >= 0.6 is 0 Å². The van der Waals surface area contributed by atoms with Gasteiger partial charge in [0.1, 0.15) is 0 Å². The van der Waals surface area contributed by atoms with Gasteiger partial charge in [-0.05, 0) is 19.8 Å². The van der Waals surface area contributed by atoms with Gasteiger partial charge in [0, 0.05) is 0 Å². The molecule has 0 nitrogen and oxygen atoms in total. The Morgan fingerprint density at radius 1 is 0.731 bits per heavy atom. The first-order valence-corrected chi connectivity index (χ1v) is 8.32. The van der Waals surface area contributed by atoms with E-state index in [1.807, 2.05) is 0 Å². The SMILES string of the molecule is Cc1ccc2cc(C(C)C)[cH-]c2c1.Cc1ccc2cc[cH-]c2c1.[Cl-].[Cl-].[Zr+4]. The molecule has 0 fully saturated rings. The topological polar surface area (TPSA) is 0 Å². The van der Waals surface area contributed by atoms with Gasteiger partial charge >= 0.3 is 26.2 Å². The van der Waals surface area contributed by atoms with Crippen molar-refractivity contribution in [3.63, 3.8) is 0 Å². The maximum atomic E-state index is 2.30. The monoisotopic (exact) mass is 460 g/mol. The quantitative estimate of drug-likeness (QED) is 0.368. The van der Waals surface area contributed by atoms with Gasteiger partial charge in [0.05, 0.1) is 0 Å². The number of hydrogen-bond acceptors (Lipinski definition) is 0. The van der Waals surface area contributed by atoms with Crippen LogP contribution in [-0.4, -0.2) is 0 Å². The smallest absolute Gasteiger partial charge is 1.00 e. The minimum Gasteiger partial charge on any atom is -1.00 e. The molecule has 0 aliphatic heterocycles. The molecule has 0 aliphatic carbocycles. The van der Waals surface area contributed by atoms with Crippen LogP contribution in [0.25, 0.3) is 21.5 Å². The zero-order chi connectivity index (χ0) is 16.4. The largest absolute Gasteiger partial charge is 4.00 e. The molecule has 0 atom stereocenters. The number of rotatable bonds is 1. The molecule has 4 rings (SSSR count). The molecule has 4 aromatic carbocycles. The van der Waals surface area contributed by atoms with Gasteiger partial charge in [0.25, 0.3) is 0 Å². The number of halogens is 2. The molecule has 4 aromatic rings.